The SMILES string of the molecule is NCCC1CCN(C(=O)C2CC3CC3C2)C1. The molecule has 2 saturated carbocycles. The van der Waals surface area contributed by atoms with Crippen molar-refractivity contribution in [1.29, 1.82) is 0 Å². The summed E-state index contributed by atoms with van der Waals surface area (Å²) >= 11 is 0. The number of carbonyl (C=O) groups is 1. The number of nitrogens with two attached hydrogens (primary N) is 1. The molecule has 1 aliphatic heterocycles. The lowest BCUT2D eigenvalue weighted by Crippen LogP contribution is -2.34. The number of hydrogen-bond acceptors (Lipinski definition) is 2. The minimum atomic E-state index is 0.375. The first-order chi connectivity index (χ1) is 7.78. The van der Waals surface area contributed by atoms with E-state index in [0.717, 1.165) is 37.9 Å². The van der Waals surface area contributed by atoms with Gasteiger partial charge in [-0.1, -0.05) is 0 Å². The van der Waals surface area contributed by atoms with Crippen molar-refractivity contribution < 1.29 is 4.79 Å². The van der Waals surface area contributed by atoms with E-state index in [-0.39, 0.29) is 0 Å². The molecule has 0 bridgehead atoms. The number of amides is 1. The van der Waals surface area contributed by atoms with E-state index in [4.69, 9.17) is 5.73 Å². The molecule has 1 heterocycles. The fourth-order valence-corrected chi connectivity index (χ4v) is 3.68. The van der Waals surface area contributed by atoms with Gasteiger partial charge in [-0.15, -0.1) is 0 Å². The summed E-state index contributed by atoms with van der Waals surface area (Å²) in [4.78, 5) is 14.4. The van der Waals surface area contributed by atoms with Crippen molar-refractivity contribution in [3.63, 3.8) is 0 Å². The van der Waals surface area contributed by atoms with Gasteiger partial charge in [0.15, 0.2) is 0 Å². The maximum atomic E-state index is 12.3. The first-order valence-corrected chi connectivity index (χ1v) is 6.76. The molecule has 2 N–H and O–H groups in total. The lowest BCUT2D eigenvalue weighted by atomic mass is 10.0. The average molecular weight is 222 g/mol. The topological polar surface area (TPSA) is 46.3 Å². The van der Waals surface area contributed by atoms with Crippen LogP contribution < -0.4 is 5.73 Å². The quantitative estimate of drug-likeness (QED) is 0.780. The van der Waals surface area contributed by atoms with Gasteiger partial charge in [0.2, 0.25) is 5.91 Å². The second kappa shape index (κ2) is 4.02. The highest BCUT2D eigenvalue weighted by Crippen LogP contribution is 2.54. The van der Waals surface area contributed by atoms with Gasteiger partial charge in [-0.05, 0) is 56.4 Å². The Hall–Kier alpha value is -0.570. The maximum Gasteiger partial charge on any atom is 0.225 e. The lowest BCUT2D eigenvalue weighted by Gasteiger charge is -2.21. The fourth-order valence-electron chi connectivity index (χ4n) is 3.68. The summed E-state index contributed by atoms with van der Waals surface area (Å²) in [6.07, 6.45) is 6.02. The van der Waals surface area contributed by atoms with Gasteiger partial charge in [-0.25, -0.2) is 0 Å². The zero-order valence-electron chi connectivity index (χ0n) is 9.90. The first-order valence-electron chi connectivity index (χ1n) is 6.76. The van der Waals surface area contributed by atoms with Crippen LogP contribution in [0.4, 0.5) is 0 Å². The van der Waals surface area contributed by atoms with Gasteiger partial charge in [0.05, 0.1) is 0 Å². The Morgan fingerprint density at radius 2 is 2.00 bits per heavy atom. The molecule has 1 amide bonds. The molecule has 16 heavy (non-hydrogen) atoms. The van der Waals surface area contributed by atoms with Crippen LogP contribution in [0, 0.1) is 23.7 Å². The number of rotatable bonds is 3. The third-order valence-electron chi connectivity index (χ3n) is 4.77. The van der Waals surface area contributed by atoms with Crippen LogP contribution >= 0.6 is 0 Å². The van der Waals surface area contributed by atoms with Crippen LogP contribution in [0.1, 0.15) is 32.1 Å². The van der Waals surface area contributed by atoms with Crippen molar-refractivity contribution in [2.45, 2.75) is 32.1 Å². The van der Waals surface area contributed by atoms with Gasteiger partial charge in [-0.2, -0.15) is 0 Å². The van der Waals surface area contributed by atoms with Gasteiger partial charge in [-0.3, -0.25) is 4.79 Å². The minimum Gasteiger partial charge on any atom is -0.342 e. The molecule has 2 aliphatic carbocycles. The van der Waals surface area contributed by atoms with Crippen LogP contribution in [0.2, 0.25) is 0 Å². The lowest BCUT2D eigenvalue weighted by molar-refractivity contribution is -0.134. The van der Waals surface area contributed by atoms with Crippen LogP contribution in [0.15, 0.2) is 0 Å². The second-order valence-corrected chi connectivity index (χ2v) is 5.94. The Kier molecular flexibility index (Phi) is 2.66. The summed E-state index contributed by atoms with van der Waals surface area (Å²) < 4.78 is 0. The molecule has 90 valence electrons. The summed E-state index contributed by atoms with van der Waals surface area (Å²) in [5.41, 5.74) is 5.57. The highest BCUT2D eigenvalue weighted by atomic mass is 16.2. The molecule has 0 aromatic rings. The predicted octanol–water partition coefficient (Wildman–Crippen LogP) is 1.23. The van der Waals surface area contributed by atoms with E-state index in [1.54, 1.807) is 0 Å². The van der Waals surface area contributed by atoms with E-state index in [1.807, 2.05) is 0 Å². The van der Waals surface area contributed by atoms with E-state index >= 15 is 0 Å². The Morgan fingerprint density at radius 3 is 2.69 bits per heavy atom. The monoisotopic (exact) mass is 222 g/mol. The minimum absolute atomic E-state index is 0.375. The number of hydrogen-bond donors (Lipinski definition) is 1. The molecule has 3 heteroatoms. The van der Waals surface area contributed by atoms with E-state index in [0.29, 0.717) is 17.7 Å². The van der Waals surface area contributed by atoms with E-state index in [9.17, 15) is 4.79 Å². The predicted molar refractivity (Wildman–Crippen MR) is 62.7 cm³/mol. The van der Waals surface area contributed by atoms with E-state index in [1.165, 1.54) is 25.7 Å². The summed E-state index contributed by atoms with van der Waals surface area (Å²) in [6, 6.07) is 0. The molecule has 3 nitrogen and oxygen atoms in total. The Bertz CT molecular complexity index is 282. The molecular formula is C13H22N2O. The van der Waals surface area contributed by atoms with Crippen LogP contribution in [0.3, 0.4) is 0 Å². The van der Waals surface area contributed by atoms with Crippen LogP contribution in [-0.4, -0.2) is 30.4 Å². The zero-order chi connectivity index (χ0) is 11.1. The summed E-state index contributed by atoms with van der Waals surface area (Å²) in [5.74, 6) is 3.32. The van der Waals surface area contributed by atoms with Gasteiger partial charge < -0.3 is 10.6 Å². The summed E-state index contributed by atoms with van der Waals surface area (Å²) in [6.45, 7) is 2.72. The smallest absolute Gasteiger partial charge is 0.225 e. The van der Waals surface area contributed by atoms with Gasteiger partial charge >= 0.3 is 0 Å². The molecule has 0 spiro atoms. The Balaban J connectivity index is 1.52. The number of carbonyl (C=O) groups excluding carboxylic acids is 1. The Morgan fingerprint density at radius 1 is 1.25 bits per heavy atom. The fraction of sp³-hybridized carbons (Fsp3) is 0.923. The van der Waals surface area contributed by atoms with Crippen LogP contribution in [0.25, 0.3) is 0 Å². The molecule has 0 radical (unpaired) electrons. The maximum absolute atomic E-state index is 12.3. The number of fused-ring (bicyclic) bond motifs is 1. The normalized spacial score (nSPS) is 41.2. The summed E-state index contributed by atoms with van der Waals surface area (Å²) in [7, 11) is 0. The molecule has 1 saturated heterocycles. The molecule has 3 fully saturated rings. The molecule has 0 aromatic heterocycles. The third-order valence-corrected chi connectivity index (χ3v) is 4.77. The zero-order valence-corrected chi connectivity index (χ0v) is 9.90. The summed E-state index contributed by atoms with van der Waals surface area (Å²) in [5, 5.41) is 0. The largest absolute Gasteiger partial charge is 0.342 e. The van der Waals surface area contributed by atoms with Crippen molar-refractivity contribution in [1.82, 2.24) is 4.90 Å². The second-order valence-electron chi connectivity index (χ2n) is 5.94. The Labute approximate surface area is 97.4 Å². The molecule has 3 aliphatic rings. The van der Waals surface area contributed by atoms with Gasteiger partial charge in [0.25, 0.3) is 0 Å². The van der Waals surface area contributed by atoms with Crippen LogP contribution in [0.5, 0.6) is 0 Å². The highest BCUT2D eigenvalue weighted by Gasteiger charge is 2.49. The third kappa shape index (κ3) is 1.86. The first kappa shape index (κ1) is 10.6. The number of nitrogens with zero attached hydrogens (tertiary/aromatic N) is 1. The van der Waals surface area contributed by atoms with Crippen molar-refractivity contribution in [3.8, 4) is 0 Å². The molecular weight excluding hydrogens is 200 g/mol. The van der Waals surface area contributed by atoms with E-state index in [2.05, 4.69) is 4.90 Å². The molecule has 3 rings (SSSR count). The van der Waals surface area contributed by atoms with Crippen molar-refractivity contribution >= 4 is 5.91 Å². The van der Waals surface area contributed by atoms with E-state index < -0.39 is 0 Å². The molecule has 0 aromatic carbocycles. The standard InChI is InChI=1S/C13H22N2O/c14-3-1-9-2-4-15(8-9)13(16)12-6-10-5-11(10)7-12/h9-12H,1-8,14H2. The van der Waals surface area contributed by atoms with Crippen LogP contribution in [-0.2, 0) is 4.79 Å². The van der Waals surface area contributed by atoms with Gasteiger partial charge in [0.1, 0.15) is 0 Å². The molecule has 3 atom stereocenters. The van der Waals surface area contributed by atoms with Gasteiger partial charge in [0, 0.05) is 19.0 Å². The van der Waals surface area contributed by atoms with Crippen molar-refractivity contribution in [2.75, 3.05) is 19.6 Å². The van der Waals surface area contributed by atoms with Crippen molar-refractivity contribution in [2.24, 2.45) is 29.4 Å². The average Bonchev–Trinajstić information content (AvgIpc) is 2.74. The molecule has 3 unspecified atom stereocenters. The number of likely N-dealkylation sites (tertiary alicyclic amines) is 1. The highest BCUT2D eigenvalue weighted by molar-refractivity contribution is 5.79. The van der Waals surface area contributed by atoms with Crippen molar-refractivity contribution in [3.05, 3.63) is 0 Å².